The molecule has 1 saturated heterocycles. The summed E-state index contributed by atoms with van der Waals surface area (Å²) in [5.41, 5.74) is 3.54. The fourth-order valence-electron chi connectivity index (χ4n) is 9.48. The average molecular weight is 742 g/mol. The van der Waals surface area contributed by atoms with Crippen molar-refractivity contribution in [2.24, 2.45) is 11.3 Å². The highest BCUT2D eigenvalue weighted by Crippen LogP contribution is 2.58. The van der Waals surface area contributed by atoms with E-state index in [1.54, 1.807) is 18.4 Å². The van der Waals surface area contributed by atoms with Crippen molar-refractivity contribution in [2.75, 3.05) is 52.3 Å². The minimum Gasteiger partial charge on any atom is -0.496 e. The molecule has 1 aliphatic heterocycles. The molecule has 5 fully saturated rings. The van der Waals surface area contributed by atoms with Gasteiger partial charge in [0.1, 0.15) is 23.2 Å². The van der Waals surface area contributed by atoms with Gasteiger partial charge in [-0.15, -0.1) is 11.3 Å². The number of ether oxygens (including phenoxy) is 2. The Hall–Kier alpha value is -3.50. The second-order valence-corrected chi connectivity index (χ2v) is 18.5. The molecule has 1 aromatic carbocycles. The molecule has 1 atom stereocenters. The molecule has 0 spiro atoms. The molecule has 286 valence electrons. The first-order chi connectivity index (χ1) is 25.4. The zero-order chi connectivity index (χ0) is 37.4. The van der Waals surface area contributed by atoms with E-state index in [4.69, 9.17) is 19.4 Å². The second kappa shape index (κ2) is 15.3. The van der Waals surface area contributed by atoms with Gasteiger partial charge in [0, 0.05) is 44.0 Å². The highest BCUT2D eigenvalue weighted by atomic mass is 32.1. The summed E-state index contributed by atoms with van der Waals surface area (Å²) in [5.74, 6) is 2.02. The van der Waals surface area contributed by atoms with Gasteiger partial charge in [0.2, 0.25) is 5.91 Å². The van der Waals surface area contributed by atoms with E-state index in [2.05, 4.69) is 68.9 Å². The number of aryl methyl sites for hydroxylation is 1. The Morgan fingerprint density at radius 3 is 2.38 bits per heavy atom. The van der Waals surface area contributed by atoms with Gasteiger partial charge < -0.3 is 19.3 Å². The van der Waals surface area contributed by atoms with Gasteiger partial charge in [0.25, 0.3) is 0 Å². The summed E-state index contributed by atoms with van der Waals surface area (Å²) in [4.78, 5) is 44.2. The van der Waals surface area contributed by atoms with Crippen LogP contribution < -0.4 is 9.64 Å². The molecule has 5 aliphatic rings. The van der Waals surface area contributed by atoms with E-state index in [-0.39, 0.29) is 35.4 Å². The normalized spacial score (nSPS) is 24.8. The molecule has 9 nitrogen and oxygen atoms in total. The molecule has 53 heavy (non-hydrogen) atoms. The molecule has 2 amide bonds. The number of likely N-dealkylation sites (N-methyl/N-ethyl adjacent to an activating group) is 1. The van der Waals surface area contributed by atoms with Crippen LogP contribution in [0.4, 0.5) is 10.6 Å². The zero-order valence-corrected chi connectivity index (χ0v) is 33.6. The Kier molecular flexibility index (Phi) is 10.9. The molecule has 8 rings (SSSR count). The van der Waals surface area contributed by atoms with Gasteiger partial charge in [-0.2, -0.15) is 0 Å². The molecule has 4 aliphatic carbocycles. The maximum atomic E-state index is 14.5. The highest BCUT2D eigenvalue weighted by molar-refractivity contribution is 7.15. The lowest BCUT2D eigenvalue weighted by molar-refractivity contribution is -0.124. The summed E-state index contributed by atoms with van der Waals surface area (Å²) in [5, 5.41) is 0.917. The molecular formula is C43H59N5O4S. The zero-order valence-electron chi connectivity index (χ0n) is 32.8. The lowest BCUT2D eigenvalue weighted by Crippen LogP contribution is -2.51. The summed E-state index contributed by atoms with van der Waals surface area (Å²) in [6.07, 6.45) is 16.7. The Morgan fingerprint density at radius 1 is 0.981 bits per heavy atom. The van der Waals surface area contributed by atoms with Crippen molar-refractivity contribution in [2.45, 2.75) is 115 Å². The number of thiazole rings is 1. The van der Waals surface area contributed by atoms with Crippen LogP contribution in [0.2, 0.25) is 0 Å². The highest BCUT2D eigenvalue weighted by Gasteiger charge is 2.51. The predicted molar refractivity (Wildman–Crippen MR) is 212 cm³/mol. The Bertz CT molecular complexity index is 1760. The molecule has 3 heterocycles. The van der Waals surface area contributed by atoms with Crippen LogP contribution in [0.25, 0.3) is 10.4 Å². The number of aromatic nitrogens is 2. The van der Waals surface area contributed by atoms with E-state index in [1.807, 2.05) is 23.4 Å². The third-order valence-corrected chi connectivity index (χ3v) is 14.6. The van der Waals surface area contributed by atoms with Gasteiger partial charge in [0.05, 0.1) is 17.4 Å². The SMILES string of the molecule is COc1ccc(C23CCC(CN(C(=O)C4CCCCC4)c4cc(-c5cnc(C(C)(C)COC(=O)N6CCC(N(C)C)C6)s5)ccn4)(CC2)CC3)cc1C. The third kappa shape index (κ3) is 7.86. The lowest BCUT2D eigenvalue weighted by Gasteiger charge is -2.55. The van der Waals surface area contributed by atoms with Crippen molar-refractivity contribution in [3.8, 4) is 16.2 Å². The van der Waals surface area contributed by atoms with Crippen LogP contribution in [-0.4, -0.2) is 85.3 Å². The Labute approximate surface area is 320 Å². The Balaban J connectivity index is 1.07. The van der Waals surface area contributed by atoms with Crippen LogP contribution >= 0.6 is 11.3 Å². The number of carbonyl (C=O) groups is 2. The number of hydrogen-bond acceptors (Lipinski definition) is 8. The minimum atomic E-state index is -0.445. The smallest absolute Gasteiger partial charge is 0.409 e. The molecule has 2 bridgehead atoms. The molecule has 0 radical (unpaired) electrons. The maximum absolute atomic E-state index is 14.5. The average Bonchev–Trinajstić information content (AvgIpc) is 3.90. The number of fused-ring (bicyclic) bond motifs is 3. The second-order valence-electron chi connectivity index (χ2n) is 17.4. The molecule has 0 N–H and O–H groups in total. The standard InChI is InChI=1S/C43H59N5O4S/c1-30-24-33(12-13-35(30)51-6)43-19-16-42(17-20-43,18-21-43)28-48(38(49)31-10-8-7-9-11-31)37-25-32(14-22-44-37)36-26-45-39(53-36)41(2,3)29-52-40(50)47-23-15-34(27-47)46(4)5/h12-14,22,24-26,31,34H,7-11,15-21,23,27-29H2,1-6H3. The van der Waals surface area contributed by atoms with Gasteiger partial charge in [-0.3, -0.25) is 9.69 Å². The quantitative estimate of drug-likeness (QED) is 0.194. The first-order valence-corrected chi connectivity index (χ1v) is 20.7. The van der Waals surface area contributed by atoms with E-state index in [1.165, 1.54) is 17.5 Å². The van der Waals surface area contributed by atoms with Crippen molar-refractivity contribution in [1.29, 1.82) is 0 Å². The number of pyridine rings is 1. The molecule has 4 saturated carbocycles. The van der Waals surface area contributed by atoms with E-state index in [0.29, 0.717) is 12.6 Å². The summed E-state index contributed by atoms with van der Waals surface area (Å²) < 4.78 is 11.4. The van der Waals surface area contributed by atoms with Crippen LogP contribution in [0, 0.1) is 18.3 Å². The van der Waals surface area contributed by atoms with Crippen LogP contribution in [0.3, 0.4) is 0 Å². The largest absolute Gasteiger partial charge is 0.496 e. The summed E-state index contributed by atoms with van der Waals surface area (Å²) >= 11 is 1.62. The summed E-state index contributed by atoms with van der Waals surface area (Å²) in [6, 6.07) is 11.3. The van der Waals surface area contributed by atoms with Crippen molar-refractivity contribution in [1.82, 2.24) is 19.8 Å². The number of likely N-dealkylation sites (tertiary alicyclic amines) is 1. The fraction of sp³-hybridized carbons (Fsp3) is 0.628. The predicted octanol–water partition coefficient (Wildman–Crippen LogP) is 8.78. The molecule has 1 unspecified atom stereocenters. The topological polar surface area (TPSA) is 88.1 Å². The van der Waals surface area contributed by atoms with E-state index >= 15 is 0 Å². The van der Waals surface area contributed by atoms with Gasteiger partial charge in [-0.25, -0.2) is 14.8 Å². The maximum Gasteiger partial charge on any atom is 0.409 e. The molecule has 3 aromatic rings. The van der Waals surface area contributed by atoms with E-state index < -0.39 is 5.41 Å². The number of hydrogen-bond donors (Lipinski definition) is 0. The van der Waals surface area contributed by atoms with E-state index in [9.17, 15) is 9.59 Å². The Morgan fingerprint density at radius 2 is 1.72 bits per heavy atom. The minimum absolute atomic E-state index is 0.0620. The summed E-state index contributed by atoms with van der Waals surface area (Å²) in [7, 11) is 5.86. The number of carbonyl (C=O) groups excluding carboxylic acids is 2. The van der Waals surface area contributed by atoms with Gasteiger partial charge >= 0.3 is 6.09 Å². The van der Waals surface area contributed by atoms with Gasteiger partial charge in [0.15, 0.2) is 0 Å². The lowest BCUT2D eigenvalue weighted by atomic mass is 9.51. The monoisotopic (exact) mass is 741 g/mol. The first-order valence-electron chi connectivity index (χ1n) is 19.9. The third-order valence-electron chi connectivity index (χ3n) is 13.2. The van der Waals surface area contributed by atoms with Gasteiger partial charge in [-0.05, 0) is 125 Å². The van der Waals surface area contributed by atoms with Crippen LogP contribution in [-0.2, 0) is 20.4 Å². The van der Waals surface area contributed by atoms with Crippen molar-refractivity contribution in [3.63, 3.8) is 0 Å². The molecule has 2 aromatic heterocycles. The number of amides is 2. The van der Waals surface area contributed by atoms with Crippen molar-refractivity contribution >= 4 is 29.2 Å². The van der Waals surface area contributed by atoms with Crippen LogP contribution in [0.5, 0.6) is 5.75 Å². The van der Waals surface area contributed by atoms with Crippen LogP contribution in [0.1, 0.15) is 107 Å². The van der Waals surface area contributed by atoms with Crippen LogP contribution in [0.15, 0.2) is 42.7 Å². The number of methoxy groups -OCH3 is 1. The fourth-order valence-corrected chi connectivity index (χ4v) is 10.5. The van der Waals surface area contributed by atoms with Gasteiger partial charge in [-0.1, -0.05) is 45.2 Å². The summed E-state index contributed by atoms with van der Waals surface area (Å²) in [6.45, 7) is 8.71. The van der Waals surface area contributed by atoms with Crippen molar-refractivity contribution in [3.05, 3.63) is 58.9 Å². The number of rotatable bonds is 11. The number of nitrogens with zero attached hydrogens (tertiary/aromatic N) is 5. The van der Waals surface area contributed by atoms with E-state index in [0.717, 1.165) is 111 Å². The first kappa shape index (κ1) is 37.8. The number of benzene rings is 1. The number of anilines is 1. The van der Waals surface area contributed by atoms with Crippen molar-refractivity contribution < 1.29 is 19.1 Å². The molecular weight excluding hydrogens is 683 g/mol. The molecule has 10 heteroatoms.